The third kappa shape index (κ3) is 4.58. The Morgan fingerprint density at radius 2 is 1.76 bits per heavy atom. The van der Waals surface area contributed by atoms with Crippen LogP contribution in [0.2, 0.25) is 5.02 Å². The smallest absolute Gasteiger partial charge is 0.230 e. The molecule has 0 spiro atoms. The molecule has 1 aromatic carbocycles. The van der Waals surface area contributed by atoms with Gasteiger partial charge in [-0.3, -0.25) is 4.79 Å². The number of aromatic nitrogens is 1. The molecule has 2 saturated carbocycles. The number of hydrogen-bond acceptors (Lipinski definition) is 3. The fourth-order valence-electron chi connectivity index (χ4n) is 4.74. The summed E-state index contributed by atoms with van der Waals surface area (Å²) in [5.74, 6) is 0.873. The number of rotatable bonds is 5. The van der Waals surface area contributed by atoms with Gasteiger partial charge in [0.1, 0.15) is 6.10 Å². The normalized spacial score (nSPS) is 23.5. The summed E-state index contributed by atoms with van der Waals surface area (Å²) in [6.45, 7) is 2.02. The van der Waals surface area contributed by atoms with Crippen LogP contribution in [0.4, 0.5) is 0 Å². The molecule has 0 radical (unpaired) electrons. The number of carbonyl (C=O) groups is 1. The zero-order valence-electron chi connectivity index (χ0n) is 17.0. The number of nitrogens with one attached hydrogen (secondary N) is 1. The fraction of sp³-hybridized carbons (Fsp3) is 0.500. The van der Waals surface area contributed by atoms with Crippen LogP contribution in [-0.2, 0) is 10.2 Å². The number of aryl methyl sites for hydroxylation is 1. The highest BCUT2D eigenvalue weighted by Crippen LogP contribution is 2.42. The first-order chi connectivity index (χ1) is 14.0. The van der Waals surface area contributed by atoms with E-state index in [4.69, 9.17) is 16.3 Å². The number of pyridine rings is 1. The predicted octanol–water partition coefficient (Wildman–Crippen LogP) is 5.36. The molecule has 0 atom stereocenters. The molecule has 0 saturated heterocycles. The Bertz CT molecular complexity index is 821. The first-order valence-electron chi connectivity index (χ1n) is 10.7. The van der Waals surface area contributed by atoms with E-state index in [9.17, 15) is 4.79 Å². The molecule has 0 bridgehead atoms. The lowest BCUT2D eigenvalue weighted by Gasteiger charge is -2.34. The molecule has 1 aromatic heterocycles. The molecule has 2 aliphatic rings. The standard InChI is InChI=1S/C24H29ClN2O2/c1-17-4-13-22(26-16-17)29-21-11-9-20(10-12-21)27-23(28)24(14-2-3-15-24)18-5-7-19(25)8-6-18/h4-8,13,16,20-21H,2-3,9-12,14-15H2,1H3,(H,27,28). The van der Waals surface area contributed by atoms with Crippen molar-refractivity contribution < 1.29 is 9.53 Å². The number of hydrogen-bond donors (Lipinski definition) is 1. The molecule has 1 heterocycles. The largest absolute Gasteiger partial charge is 0.474 e. The zero-order valence-corrected chi connectivity index (χ0v) is 17.8. The van der Waals surface area contributed by atoms with Crippen LogP contribution in [0.3, 0.4) is 0 Å². The van der Waals surface area contributed by atoms with Crippen molar-refractivity contribution in [2.75, 3.05) is 0 Å². The number of benzene rings is 1. The van der Waals surface area contributed by atoms with Crippen LogP contribution in [0.15, 0.2) is 42.6 Å². The van der Waals surface area contributed by atoms with Crippen LogP contribution < -0.4 is 10.1 Å². The Morgan fingerprint density at radius 1 is 1.07 bits per heavy atom. The van der Waals surface area contributed by atoms with Crippen molar-refractivity contribution in [1.29, 1.82) is 0 Å². The molecular weight excluding hydrogens is 384 g/mol. The van der Waals surface area contributed by atoms with Gasteiger partial charge in [0.15, 0.2) is 0 Å². The second-order valence-electron chi connectivity index (χ2n) is 8.53. The maximum absolute atomic E-state index is 13.3. The summed E-state index contributed by atoms with van der Waals surface area (Å²) in [5, 5.41) is 4.08. The van der Waals surface area contributed by atoms with E-state index in [0.29, 0.717) is 10.9 Å². The Balaban J connectivity index is 1.35. The van der Waals surface area contributed by atoms with Crippen LogP contribution in [0, 0.1) is 6.92 Å². The molecule has 0 aliphatic heterocycles. The monoisotopic (exact) mass is 412 g/mol. The Labute approximate surface area is 178 Å². The van der Waals surface area contributed by atoms with Crippen molar-refractivity contribution in [3.63, 3.8) is 0 Å². The summed E-state index contributed by atoms with van der Waals surface area (Å²) in [6.07, 6.45) is 9.80. The van der Waals surface area contributed by atoms with E-state index in [1.54, 1.807) is 0 Å². The topological polar surface area (TPSA) is 51.2 Å². The molecule has 5 heteroatoms. The molecular formula is C24H29ClN2O2. The van der Waals surface area contributed by atoms with E-state index in [1.807, 2.05) is 49.5 Å². The average Bonchev–Trinajstić information content (AvgIpc) is 3.23. The van der Waals surface area contributed by atoms with Crippen molar-refractivity contribution in [1.82, 2.24) is 10.3 Å². The second kappa shape index (κ2) is 8.74. The summed E-state index contributed by atoms with van der Waals surface area (Å²) >= 11 is 6.06. The maximum atomic E-state index is 13.3. The van der Waals surface area contributed by atoms with Crippen molar-refractivity contribution in [2.24, 2.45) is 0 Å². The third-order valence-electron chi connectivity index (χ3n) is 6.47. The van der Waals surface area contributed by atoms with Gasteiger partial charge in [-0.1, -0.05) is 42.6 Å². The molecule has 2 fully saturated rings. The molecule has 29 heavy (non-hydrogen) atoms. The van der Waals surface area contributed by atoms with Gasteiger partial charge in [0, 0.05) is 23.3 Å². The Kier molecular flexibility index (Phi) is 6.09. The van der Waals surface area contributed by atoms with Gasteiger partial charge in [-0.25, -0.2) is 4.98 Å². The van der Waals surface area contributed by atoms with E-state index in [0.717, 1.165) is 62.5 Å². The average molecular weight is 413 g/mol. The number of nitrogens with zero attached hydrogens (tertiary/aromatic N) is 1. The SMILES string of the molecule is Cc1ccc(OC2CCC(NC(=O)C3(c4ccc(Cl)cc4)CCCC3)CC2)nc1. The van der Waals surface area contributed by atoms with E-state index >= 15 is 0 Å². The quantitative estimate of drug-likeness (QED) is 0.718. The third-order valence-corrected chi connectivity index (χ3v) is 6.72. The molecule has 0 unspecified atom stereocenters. The summed E-state index contributed by atoms with van der Waals surface area (Å²) in [4.78, 5) is 17.7. The highest BCUT2D eigenvalue weighted by Gasteiger charge is 2.43. The molecule has 1 amide bonds. The van der Waals surface area contributed by atoms with Gasteiger partial charge in [0.2, 0.25) is 11.8 Å². The van der Waals surface area contributed by atoms with Crippen LogP contribution in [0.1, 0.15) is 62.5 Å². The fourth-order valence-corrected chi connectivity index (χ4v) is 4.86. The number of carbonyl (C=O) groups excluding carboxylic acids is 1. The van der Waals surface area contributed by atoms with E-state index in [-0.39, 0.29) is 18.1 Å². The van der Waals surface area contributed by atoms with E-state index < -0.39 is 5.41 Å². The summed E-state index contributed by atoms with van der Waals surface area (Å²) in [5.41, 5.74) is 1.83. The first-order valence-corrected chi connectivity index (χ1v) is 11.1. The van der Waals surface area contributed by atoms with Crippen LogP contribution in [0.25, 0.3) is 0 Å². The lowest BCUT2D eigenvalue weighted by Crippen LogP contribution is -2.48. The van der Waals surface area contributed by atoms with Gasteiger partial charge >= 0.3 is 0 Å². The van der Waals surface area contributed by atoms with E-state index in [1.165, 1.54) is 0 Å². The van der Waals surface area contributed by atoms with Crippen LogP contribution in [0.5, 0.6) is 5.88 Å². The van der Waals surface area contributed by atoms with Gasteiger partial charge in [0.25, 0.3) is 0 Å². The minimum atomic E-state index is -0.399. The lowest BCUT2D eigenvalue weighted by atomic mass is 9.77. The highest BCUT2D eigenvalue weighted by molar-refractivity contribution is 6.30. The van der Waals surface area contributed by atoms with E-state index in [2.05, 4.69) is 10.3 Å². The molecule has 4 rings (SSSR count). The molecule has 2 aromatic rings. The van der Waals surface area contributed by atoms with Gasteiger partial charge in [0.05, 0.1) is 5.41 Å². The first kappa shape index (κ1) is 20.2. The maximum Gasteiger partial charge on any atom is 0.230 e. The van der Waals surface area contributed by atoms with Crippen molar-refractivity contribution in [2.45, 2.75) is 75.9 Å². The molecule has 154 valence electrons. The molecule has 4 nitrogen and oxygen atoms in total. The summed E-state index contributed by atoms with van der Waals surface area (Å²) in [7, 11) is 0. The van der Waals surface area contributed by atoms with Crippen molar-refractivity contribution in [3.05, 3.63) is 58.7 Å². The second-order valence-corrected chi connectivity index (χ2v) is 8.97. The Morgan fingerprint density at radius 3 is 2.38 bits per heavy atom. The zero-order chi connectivity index (χ0) is 20.3. The summed E-state index contributed by atoms with van der Waals surface area (Å²) < 4.78 is 6.03. The van der Waals surface area contributed by atoms with Crippen LogP contribution in [-0.4, -0.2) is 23.0 Å². The van der Waals surface area contributed by atoms with Crippen LogP contribution >= 0.6 is 11.6 Å². The highest BCUT2D eigenvalue weighted by atomic mass is 35.5. The predicted molar refractivity (Wildman–Crippen MR) is 115 cm³/mol. The van der Waals surface area contributed by atoms with Crippen molar-refractivity contribution in [3.8, 4) is 5.88 Å². The minimum absolute atomic E-state index is 0.176. The van der Waals surface area contributed by atoms with Gasteiger partial charge in [-0.15, -0.1) is 0 Å². The Hall–Kier alpha value is -2.07. The number of amides is 1. The summed E-state index contributed by atoms with van der Waals surface area (Å²) in [6, 6.07) is 12.0. The molecule has 2 aliphatic carbocycles. The number of ether oxygens (including phenoxy) is 1. The lowest BCUT2D eigenvalue weighted by molar-refractivity contribution is -0.127. The molecule has 1 N–H and O–H groups in total. The minimum Gasteiger partial charge on any atom is -0.474 e. The van der Waals surface area contributed by atoms with Gasteiger partial charge in [-0.05, 0) is 68.7 Å². The van der Waals surface area contributed by atoms with Gasteiger partial charge in [-0.2, -0.15) is 0 Å². The van der Waals surface area contributed by atoms with Gasteiger partial charge < -0.3 is 10.1 Å². The number of halogens is 1. The van der Waals surface area contributed by atoms with Crippen molar-refractivity contribution >= 4 is 17.5 Å².